The number of aliphatic imine (C=N–C) groups is 1. The summed E-state index contributed by atoms with van der Waals surface area (Å²) in [5.41, 5.74) is 0. The number of amidine groups is 1. The highest BCUT2D eigenvalue weighted by Crippen LogP contribution is 2.47. The molecule has 2 aliphatic carbocycles. The smallest absolute Gasteiger partial charge is 0.242 e. The number of amides is 2. The third kappa shape index (κ3) is 5.63. The van der Waals surface area contributed by atoms with Crippen molar-refractivity contribution in [2.45, 2.75) is 88.7 Å². The van der Waals surface area contributed by atoms with E-state index in [1.807, 2.05) is 4.90 Å². The zero-order valence-corrected chi connectivity index (χ0v) is 19.8. The van der Waals surface area contributed by atoms with E-state index in [1.54, 1.807) is 18.7 Å². The van der Waals surface area contributed by atoms with Crippen LogP contribution in [0.5, 0.6) is 0 Å². The summed E-state index contributed by atoms with van der Waals surface area (Å²) in [7, 11) is 0. The quantitative estimate of drug-likeness (QED) is 0.390. The van der Waals surface area contributed by atoms with Gasteiger partial charge in [0.15, 0.2) is 5.17 Å². The summed E-state index contributed by atoms with van der Waals surface area (Å²) in [4.78, 5) is 32.1. The molecule has 2 aliphatic heterocycles. The molecule has 3 N–H and O–H groups in total. The molecule has 4 rings (SSSR count). The summed E-state index contributed by atoms with van der Waals surface area (Å²) < 4.78 is -0.444. The summed E-state index contributed by atoms with van der Waals surface area (Å²) >= 11 is 1.63. The van der Waals surface area contributed by atoms with Gasteiger partial charge in [-0.1, -0.05) is 18.2 Å². The van der Waals surface area contributed by atoms with Crippen LogP contribution in [0.2, 0.25) is 0 Å². The molecule has 2 bridgehead atoms. The molecule has 2 saturated heterocycles. The van der Waals surface area contributed by atoms with Gasteiger partial charge >= 0.3 is 0 Å². The lowest BCUT2D eigenvalue weighted by atomic mass is 9.87. The van der Waals surface area contributed by atoms with Crippen LogP contribution in [0, 0.1) is 17.8 Å². The molecule has 0 spiro atoms. The fraction of sp³-hybridized carbons (Fsp3) is 0.870. The maximum Gasteiger partial charge on any atom is 0.242 e. The van der Waals surface area contributed by atoms with Crippen molar-refractivity contribution in [3.8, 4) is 0 Å². The number of hydrogen-bond acceptors (Lipinski definition) is 6. The van der Waals surface area contributed by atoms with Gasteiger partial charge in [0.25, 0.3) is 0 Å². The SMILES string of the molecule is CC(O)NCCCC(=O)N1CCC(CC2(C)SC(=NC3C[C@@H]4CC[C@H]3C4)NC2=O)CC1. The molecule has 5 atom stereocenters. The van der Waals surface area contributed by atoms with Crippen LogP contribution in [-0.2, 0) is 9.59 Å². The van der Waals surface area contributed by atoms with Crippen LogP contribution in [0.25, 0.3) is 0 Å². The van der Waals surface area contributed by atoms with Crippen molar-refractivity contribution in [2.75, 3.05) is 19.6 Å². The Balaban J connectivity index is 1.22. The third-order valence-electron chi connectivity index (χ3n) is 7.66. The van der Waals surface area contributed by atoms with Crippen molar-refractivity contribution < 1.29 is 14.7 Å². The van der Waals surface area contributed by atoms with Gasteiger partial charge in [0.05, 0.1) is 10.8 Å². The Morgan fingerprint density at radius 2 is 2.10 bits per heavy atom. The van der Waals surface area contributed by atoms with Crippen LogP contribution in [0.1, 0.15) is 71.6 Å². The third-order valence-corrected chi connectivity index (χ3v) is 8.86. The number of carbonyl (C=O) groups excluding carboxylic acids is 2. The molecular weight excluding hydrogens is 412 g/mol. The van der Waals surface area contributed by atoms with Crippen molar-refractivity contribution in [1.82, 2.24) is 15.5 Å². The van der Waals surface area contributed by atoms with Gasteiger partial charge in [-0.3, -0.25) is 19.9 Å². The maximum absolute atomic E-state index is 12.8. The topological polar surface area (TPSA) is 94.0 Å². The molecule has 31 heavy (non-hydrogen) atoms. The van der Waals surface area contributed by atoms with E-state index in [0.29, 0.717) is 24.9 Å². The fourth-order valence-corrected chi connectivity index (χ4v) is 7.09. The number of fused-ring (bicyclic) bond motifs is 2. The number of hydrogen-bond donors (Lipinski definition) is 3. The molecule has 0 aromatic rings. The molecule has 3 unspecified atom stereocenters. The van der Waals surface area contributed by atoms with Crippen molar-refractivity contribution >= 4 is 28.7 Å². The summed E-state index contributed by atoms with van der Waals surface area (Å²) in [5.74, 6) is 2.35. The van der Waals surface area contributed by atoms with Crippen LogP contribution < -0.4 is 10.6 Å². The monoisotopic (exact) mass is 450 g/mol. The lowest BCUT2D eigenvalue weighted by Crippen LogP contribution is -2.42. The molecule has 4 fully saturated rings. The first-order valence-electron chi connectivity index (χ1n) is 12.1. The fourth-order valence-electron chi connectivity index (χ4n) is 5.87. The van der Waals surface area contributed by atoms with E-state index >= 15 is 0 Å². The number of nitrogens with one attached hydrogen (secondary N) is 2. The minimum absolute atomic E-state index is 0.100. The number of thioether (sulfide) groups is 1. The van der Waals surface area contributed by atoms with Crippen LogP contribution >= 0.6 is 11.8 Å². The molecule has 2 heterocycles. The molecule has 7 nitrogen and oxygen atoms in total. The lowest BCUT2D eigenvalue weighted by molar-refractivity contribution is -0.133. The van der Waals surface area contributed by atoms with Gasteiger partial charge in [-0.2, -0.15) is 0 Å². The number of rotatable bonds is 8. The second-order valence-electron chi connectivity index (χ2n) is 10.2. The molecule has 0 radical (unpaired) electrons. The molecule has 2 saturated carbocycles. The van der Waals surface area contributed by atoms with E-state index in [4.69, 9.17) is 4.99 Å². The van der Waals surface area contributed by atoms with Gasteiger partial charge in [0.1, 0.15) is 6.23 Å². The van der Waals surface area contributed by atoms with E-state index in [9.17, 15) is 14.7 Å². The highest BCUT2D eigenvalue weighted by molar-refractivity contribution is 8.16. The first-order valence-corrected chi connectivity index (χ1v) is 12.9. The second kappa shape index (κ2) is 9.79. The predicted octanol–water partition coefficient (Wildman–Crippen LogP) is 2.49. The highest BCUT2D eigenvalue weighted by atomic mass is 32.2. The predicted molar refractivity (Wildman–Crippen MR) is 124 cm³/mol. The zero-order valence-electron chi connectivity index (χ0n) is 18.9. The van der Waals surface area contributed by atoms with Gasteiger partial charge < -0.3 is 15.3 Å². The Labute approximate surface area is 190 Å². The Hall–Kier alpha value is -1.12. The first kappa shape index (κ1) is 23.1. The minimum atomic E-state index is -0.531. The van der Waals surface area contributed by atoms with Gasteiger partial charge in [-0.05, 0) is 83.1 Å². The second-order valence-corrected chi connectivity index (χ2v) is 11.7. The van der Waals surface area contributed by atoms with E-state index in [1.165, 1.54) is 25.7 Å². The lowest BCUT2D eigenvalue weighted by Gasteiger charge is -2.34. The van der Waals surface area contributed by atoms with Gasteiger partial charge in [-0.15, -0.1) is 0 Å². The Kier molecular flexibility index (Phi) is 7.28. The van der Waals surface area contributed by atoms with Crippen LogP contribution in [-0.4, -0.2) is 63.6 Å². The van der Waals surface area contributed by atoms with Crippen molar-refractivity contribution in [3.63, 3.8) is 0 Å². The Morgan fingerprint density at radius 1 is 1.32 bits per heavy atom. The standard InChI is InChI=1S/C23H38N4O3S/c1-15(28)24-9-3-4-20(29)27-10-7-16(8-11-27)14-23(2)21(30)26-22(31-23)25-19-13-17-5-6-18(19)12-17/h15-19,24,28H,3-14H2,1-2H3,(H,25,26,30)/t15?,17-,18+,19?,23?/m1/s1. The number of aliphatic hydroxyl groups excluding tert-OH is 1. The average Bonchev–Trinajstić information content (AvgIpc) is 3.41. The molecule has 8 heteroatoms. The van der Waals surface area contributed by atoms with Crippen molar-refractivity contribution in [2.24, 2.45) is 22.7 Å². The molecular formula is C23H38N4O3S. The molecule has 174 valence electrons. The highest BCUT2D eigenvalue weighted by Gasteiger charge is 2.46. The van der Waals surface area contributed by atoms with E-state index in [0.717, 1.165) is 55.8 Å². The van der Waals surface area contributed by atoms with E-state index in [2.05, 4.69) is 17.6 Å². The number of carbonyl (C=O) groups is 2. The van der Waals surface area contributed by atoms with Gasteiger partial charge in [0.2, 0.25) is 11.8 Å². The number of aliphatic hydroxyl groups is 1. The van der Waals surface area contributed by atoms with Gasteiger partial charge in [0, 0.05) is 19.5 Å². The van der Waals surface area contributed by atoms with Crippen LogP contribution in [0.15, 0.2) is 4.99 Å². The molecule has 0 aromatic carbocycles. The Morgan fingerprint density at radius 3 is 2.74 bits per heavy atom. The van der Waals surface area contributed by atoms with Crippen molar-refractivity contribution in [3.05, 3.63) is 0 Å². The Bertz CT molecular complexity index is 707. The number of nitrogens with zero attached hydrogens (tertiary/aromatic N) is 2. The molecule has 4 aliphatic rings. The minimum Gasteiger partial charge on any atom is -0.379 e. The summed E-state index contributed by atoms with van der Waals surface area (Å²) in [6.45, 7) is 5.95. The molecule has 0 aromatic heterocycles. The summed E-state index contributed by atoms with van der Waals surface area (Å²) in [5, 5.41) is 16.1. The first-order chi connectivity index (χ1) is 14.8. The van der Waals surface area contributed by atoms with Gasteiger partial charge in [-0.25, -0.2) is 0 Å². The number of likely N-dealkylation sites (tertiary alicyclic amines) is 1. The average molecular weight is 451 g/mol. The largest absolute Gasteiger partial charge is 0.379 e. The van der Waals surface area contributed by atoms with Crippen LogP contribution in [0.4, 0.5) is 0 Å². The van der Waals surface area contributed by atoms with E-state index in [-0.39, 0.29) is 11.8 Å². The molecule has 2 amide bonds. The normalized spacial score (nSPS) is 35.7. The zero-order chi connectivity index (χ0) is 22.0. The summed E-state index contributed by atoms with van der Waals surface area (Å²) in [6.07, 6.45) is 8.68. The summed E-state index contributed by atoms with van der Waals surface area (Å²) in [6, 6.07) is 0.411. The number of piperidine rings is 1. The van der Waals surface area contributed by atoms with Crippen LogP contribution in [0.3, 0.4) is 0 Å². The van der Waals surface area contributed by atoms with Crippen molar-refractivity contribution in [1.29, 1.82) is 0 Å². The van der Waals surface area contributed by atoms with E-state index < -0.39 is 11.0 Å². The maximum atomic E-state index is 12.8.